The monoisotopic (exact) mass is 305 g/mol. The molecular formula is C13H14F3NO4. The van der Waals surface area contributed by atoms with Crippen molar-refractivity contribution in [1.29, 1.82) is 5.26 Å². The summed E-state index contributed by atoms with van der Waals surface area (Å²) in [5.74, 6) is -1.36. The fraction of sp³-hybridized carbons (Fsp3) is 0.462. The highest BCUT2D eigenvalue weighted by atomic mass is 19.4. The highest BCUT2D eigenvalue weighted by Crippen LogP contribution is 2.41. The molecule has 0 bridgehead atoms. The van der Waals surface area contributed by atoms with Gasteiger partial charge in [0.05, 0.1) is 27.4 Å². The van der Waals surface area contributed by atoms with Crippen LogP contribution in [0, 0.1) is 17.2 Å². The average molecular weight is 305 g/mol. The molecular weight excluding hydrogens is 291 g/mol. The number of rotatable bonds is 6. The van der Waals surface area contributed by atoms with Crippen LogP contribution in [0.4, 0.5) is 13.2 Å². The van der Waals surface area contributed by atoms with Gasteiger partial charge in [-0.25, -0.2) is 0 Å². The molecule has 8 heteroatoms. The Morgan fingerprint density at radius 2 is 1.62 bits per heavy atom. The van der Waals surface area contributed by atoms with Crippen LogP contribution in [0.1, 0.15) is 0 Å². The Morgan fingerprint density at radius 1 is 1.10 bits per heavy atom. The third-order valence-corrected chi connectivity index (χ3v) is 2.61. The maximum absolute atomic E-state index is 12.5. The lowest BCUT2D eigenvalue weighted by Gasteiger charge is -2.17. The van der Waals surface area contributed by atoms with E-state index in [2.05, 4.69) is 0 Å². The lowest BCUT2D eigenvalue weighted by atomic mass is 10.2. The number of ether oxygens (including phenoxy) is 4. The van der Waals surface area contributed by atoms with Gasteiger partial charge in [0.2, 0.25) is 5.75 Å². The van der Waals surface area contributed by atoms with E-state index in [4.69, 9.17) is 24.2 Å². The molecule has 1 aromatic rings. The first-order chi connectivity index (χ1) is 9.87. The van der Waals surface area contributed by atoms with Crippen molar-refractivity contribution in [2.75, 3.05) is 27.9 Å². The molecule has 0 spiro atoms. The van der Waals surface area contributed by atoms with Crippen molar-refractivity contribution in [2.45, 2.75) is 6.18 Å². The van der Waals surface area contributed by atoms with E-state index < -0.39 is 18.7 Å². The molecule has 0 radical (unpaired) electrons. The summed E-state index contributed by atoms with van der Waals surface area (Å²) in [4.78, 5) is 0. The minimum Gasteiger partial charge on any atom is -0.493 e. The van der Waals surface area contributed by atoms with Gasteiger partial charge in [0.1, 0.15) is 12.4 Å². The molecule has 0 fully saturated rings. The predicted molar refractivity (Wildman–Crippen MR) is 66.8 cm³/mol. The van der Waals surface area contributed by atoms with Gasteiger partial charge >= 0.3 is 6.18 Å². The molecule has 116 valence electrons. The maximum Gasteiger partial charge on any atom is 0.407 e. The van der Waals surface area contributed by atoms with Crippen LogP contribution in [0.25, 0.3) is 0 Å². The van der Waals surface area contributed by atoms with Crippen LogP contribution in [0.15, 0.2) is 12.1 Å². The fourth-order valence-electron chi connectivity index (χ4n) is 1.52. The predicted octanol–water partition coefficient (Wildman–Crippen LogP) is 2.79. The second-order valence-electron chi connectivity index (χ2n) is 3.90. The lowest BCUT2D eigenvalue weighted by Crippen LogP contribution is -2.27. The quantitative estimate of drug-likeness (QED) is 0.809. The molecule has 0 aliphatic heterocycles. The average Bonchev–Trinajstić information content (AvgIpc) is 2.45. The number of nitriles is 1. The Balaban J connectivity index is 2.97. The molecule has 0 aromatic heterocycles. The second-order valence-corrected chi connectivity index (χ2v) is 3.90. The molecule has 0 aliphatic rings. The molecule has 1 rings (SSSR count). The highest BCUT2D eigenvalue weighted by molar-refractivity contribution is 5.55. The Labute approximate surface area is 119 Å². The molecule has 1 unspecified atom stereocenters. The zero-order valence-electron chi connectivity index (χ0n) is 11.7. The van der Waals surface area contributed by atoms with Gasteiger partial charge in [-0.05, 0) is 0 Å². The van der Waals surface area contributed by atoms with Crippen LogP contribution in [-0.4, -0.2) is 34.1 Å². The van der Waals surface area contributed by atoms with Crippen LogP contribution < -0.4 is 18.9 Å². The van der Waals surface area contributed by atoms with Crippen molar-refractivity contribution in [2.24, 2.45) is 5.92 Å². The SMILES string of the molecule is COc1cc(OCC(C#N)C(F)(F)F)cc(OC)c1OC. The summed E-state index contributed by atoms with van der Waals surface area (Å²) in [5, 5.41) is 8.50. The van der Waals surface area contributed by atoms with Gasteiger partial charge in [-0.1, -0.05) is 0 Å². The molecule has 1 aromatic carbocycles. The fourth-order valence-corrected chi connectivity index (χ4v) is 1.52. The Bertz CT molecular complexity index is 500. The molecule has 1 atom stereocenters. The van der Waals surface area contributed by atoms with Gasteiger partial charge in [-0.3, -0.25) is 0 Å². The van der Waals surface area contributed by atoms with E-state index in [0.29, 0.717) is 5.75 Å². The number of methoxy groups -OCH3 is 3. The lowest BCUT2D eigenvalue weighted by molar-refractivity contribution is -0.165. The van der Waals surface area contributed by atoms with Gasteiger partial charge in [0.25, 0.3) is 0 Å². The van der Waals surface area contributed by atoms with Gasteiger partial charge in [-0.2, -0.15) is 18.4 Å². The van der Waals surface area contributed by atoms with Crippen LogP contribution >= 0.6 is 0 Å². The van der Waals surface area contributed by atoms with E-state index in [1.54, 1.807) is 0 Å². The number of nitrogens with zero attached hydrogens (tertiary/aromatic N) is 1. The van der Waals surface area contributed by atoms with Gasteiger partial charge in [0.15, 0.2) is 17.4 Å². The summed E-state index contributed by atoms with van der Waals surface area (Å²) in [6.45, 7) is -0.821. The van der Waals surface area contributed by atoms with E-state index in [1.165, 1.54) is 33.5 Å². The van der Waals surface area contributed by atoms with Crippen molar-refractivity contribution in [3.8, 4) is 29.1 Å². The normalized spacial score (nSPS) is 12.2. The molecule has 0 heterocycles. The van der Waals surface area contributed by atoms with Gasteiger partial charge in [0, 0.05) is 12.1 Å². The van der Waals surface area contributed by atoms with Crippen LogP contribution in [0.3, 0.4) is 0 Å². The highest BCUT2D eigenvalue weighted by Gasteiger charge is 2.40. The topological polar surface area (TPSA) is 60.7 Å². The maximum atomic E-state index is 12.5. The standard InChI is InChI=1S/C13H14F3NO4/c1-18-10-4-9(5-11(19-2)12(10)20-3)21-7-8(6-17)13(14,15)16/h4-5,8H,7H2,1-3H3. The molecule has 0 N–H and O–H groups in total. The third kappa shape index (κ3) is 4.08. The van der Waals surface area contributed by atoms with Crippen molar-refractivity contribution in [1.82, 2.24) is 0 Å². The summed E-state index contributed by atoms with van der Waals surface area (Å²) >= 11 is 0. The summed E-state index contributed by atoms with van der Waals surface area (Å²) in [6.07, 6.45) is -4.64. The first-order valence-corrected chi connectivity index (χ1v) is 5.76. The zero-order chi connectivity index (χ0) is 16.0. The van der Waals surface area contributed by atoms with E-state index in [-0.39, 0.29) is 17.2 Å². The Morgan fingerprint density at radius 3 is 1.95 bits per heavy atom. The summed E-state index contributed by atoms with van der Waals surface area (Å²) < 4.78 is 57.6. The first kappa shape index (κ1) is 16.8. The van der Waals surface area contributed by atoms with E-state index in [9.17, 15) is 13.2 Å². The van der Waals surface area contributed by atoms with Crippen molar-refractivity contribution in [3.05, 3.63) is 12.1 Å². The van der Waals surface area contributed by atoms with Crippen LogP contribution in [-0.2, 0) is 0 Å². The van der Waals surface area contributed by atoms with Gasteiger partial charge in [-0.15, -0.1) is 0 Å². The van der Waals surface area contributed by atoms with Crippen molar-refractivity contribution in [3.63, 3.8) is 0 Å². The van der Waals surface area contributed by atoms with Crippen molar-refractivity contribution < 1.29 is 32.1 Å². The number of alkyl halides is 3. The third-order valence-electron chi connectivity index (χ3n) is 2.61. The summed E-state index contributed by atoms with van der Waals surface area (Å²) in [5.41, 5.74) is 0. The Kier molecular flexibility index (Phi) is 5.52. The molecule has 0 aliphatic carbocycles. The Hall–Kier alpha value is -2.30. The summed E-state index contributed by atoms with van der Waals surface area (Å²) in [7, 11) is 4.14. The molecule has 0 saturated heterocycles. The number of halogens is 3. The molecule has 0 saturated carbocycles. The van der Waals surface area contributed by atoms with Gasteiger partial charge < -0.3 is 18.9 Å². The second kappa shape index (κ2) is 6.92. The molecule has 0 amide bonds. The van der Waals surface area contributed by atoms with E-state index >= 15 is 0 Å². The summed E-state index contributed by atoms with van der Waals surface area (Å²) in [6, 6.07) is 3.86. The zero-order valence-corrected chi connectivity index (χ0v) is 11.7. The molecule has 21 heavy (non-hydrogen) atoms. The minimum atomic E-state index is -4.64. The van der Waals surface area contributed by atoms with Crippen LogP contribution in [0.2, 0.25) is 0 Å². The largest absolute Gasteiger partial charge is 0.493 e. The van der Waals surface area contributed by atoms with Crippen molar-refractivity contribution >= 4 is 0 Å². The molecule has 5 nitrogen and oxygen atoms in total. The van der Waals surface area contributed by atoms with E-state index in [0.717, 1.165) is 6.07 Å². The first-order valence-electron chi connectivity index (χ1n) is 5.76. The number of hydrogen-bond donors (Lipinski definition) is 0. The smallest absolute Gasteiger partial charge is 0.407 e. The number of benzene rings is 1. The van der Waals surface area contributed by atoms with E-state index in [1.807, 2.05) is 0 Å². The minimum absolute atomic E-state index is 0.0778. The van der Waals surface area contributed by atoms with Crippen LogP contribution in [0.5, 0.6) is 23.0 Å². The number of hydrogen-bond acceptors (Lipinski definition) is 5.